The van der Waals surface area contributed by atoms with Crippen LogP contribution in [-0.4, -0.2) is 40.0 Å². The largest absolute Gasteiger partial charge is 0.323 e. The zero-order valence-corrected chi connectivity index (χ0v) is 25.0. The van der Waals surface area contributed by atoms with Crippen LogP contribution in [0.1, 0.15) is 56.8 Å². The lowest BCUT2D eigenvalue weighted by Gasteiger charge is -2.22. The average molecular weight is 577 g/mol. The fourth-order valence-corrected chi connectivity index (χ4v) is 5.85. The third kappa shape index (κ3) is 5.64. The lowest BCUT2D eigenvalue weighted by atomic mass is 9.96. The van der Waals surface area contributed by atoms with Crippen molar-refractivity contribution in [1.82, 2.24) is 34.1 Å². The molecular formula is C33H36N8O2. The Bertz CT molecular complexity index is 1850. The maximum absolute atomic E-state index is 13.8. The maximum atomic E-state index is 13.8. The summed E-state index contributed by atoms with van der Waals surface area (Å²) in [7, 11) is 1.85. The average Bonchev–Trinajstić information content (AvgIpc) is 3.61. The molecule has 220 valence electrons. The van der Waals surface area contributed by atoms with Gasteiger partial charge in [0.25, 0.3) is 5.56 Å². The number of hydrogen-bond donors (Lipinski definition) is 1. The van der Waals surface area contributed by atoms with Crippen LogP contribution in [0.3, 0.4) is 0 Å². The van der Waals surface area contributed by atoms with Gasteiger partial charge in [0, 0.05) is 54.7 Å². The fourth-order valence-electron chi connectivity index (χ4n) is 5.85. The van der Waals surface area contributed by atoms with Gasteiger partial charge in [0.2, 0.25) is 5.91 Å². The first-order valence-corrected chi connectivity index (χ1v) is 14.8. The highest BCUT2D eigenvalue weighted by Gasteiger charge is 2.24. The monoisotopic (exact) mass is 576 g/mol. The van der Waals surface area contributed by atoms with Gasteiger partial charge < -0.3 is 5.32 Å². The molecule has 43 heavy (non-hydrogen) atoms. The van der Waals surface area contributed by atoms with Gasteiger partial charge in [-0.15, -0.1) is 0 Å². The second-order valence-electron chi connectivity index (χ2n) is 11.4. The molecule has 1 amide bonds. The molecule has 1 N–H and O–H groups in total. The molecule has 1 aliphatic heterocycles. The summed E-state index contributed by atoms with van der Waals surface area (Å²) in [6.45, 7) is 6.93. The van der Waals surface area contributed by atoms with E-state index >= 15 is 0 Å². The zero-order valence-electron chi connectivity index (χ0n) is 25.0. The molecule has 0 aliphatic carbocycles. The van der Waals surface area contributed by atoms with E-state index in [0.717, 1.165) is 58.6 Å². The second-order valence-corrected chi connectivity index (χ2v) is 11.4. The molecule has 10 nitrogen and oxygen atoms in total. The molecule has 6 rings (SSSR count). The van der Waals surface area contributed by atoms with Crippen LogP contribution in [0.15, 0.2) is 72.3 Å². The number of nitrogens with one attached hydrogen (secondary N) is 1. The molecule has 4 aromatic heterocycles. The standard InChI is InChI=1S/C33H36N8O2/c1-5-13-40-19-24(17-37-40)25-10-9-21(2)14-26(25)27-16-31(42)41(20-35-27)30-8-6-7-22(3)33(43)38-29-18-36-39(4)32(29)23-11-12-34-28(30)15-23/h9-12,14-20,22,30H,5-8,13H2,1-4H3,(H,38,43)/t22-,30+/m1/s1. The first-order chi connectivity index (χ1) is 20.8. The highest BCUT2D eigenvalue weighted by atomic mass is 16.2. The summed E-state index contributed by atoms with van der Waals surface area (Å²) < 4.78 is 5.35. The van der Waals surface area contributed by atoms with Crippen molar-refractivity contribution in [3.8, 4) is 33.6 Å². The minimum absolute atomic E-state index is 0.0435. The molecule has 2 atom stereocenters. The molecule has 0 unspecified atom stereocenters. The number of benzene rings is 1. The SMILES string of the molecule is CCCn1cc(-c2ccc(C)cc2-c2cc(=O)n([C@H]3CCC[C@@H](C)C(=O)Nc4cnn(C)c4-c4ccnc3c4)cn2)cn1. The van der Waals surface area contributed by atoms with Crippen LogP contribution in [0, 0.1) is 12.8 Å². The summed E-state index contributed by atoms with van der Waals surface area (Å²) in [6.07, 6.45) is 12.0. The highest BCUT2D eigenvalue weighted by Crippen LogP contribution is 2.34. The molecule has 5 aromatic rings. The Labute approximate surface area is 250 Å². The van der Waals surface area contributed by atoms with E-state index in [1.165, 1.54) is 0 Å². The normalized spacial score (nSPS) is 17.1. The van der Waals surface area contributed by atoms with Crippen molar-refractivity contribution in [2.45, 2.75) is 59.0 Å². The first-order valence-electron chi connectivity index (χ1n) is 14.8. The first kappa shape index (κ1) is 28.3. The fraction of sp³-hybridized carbons (Fsp3) is 0.333. The van der Waals surface area contributed by atoms with Crippen LogP contribution < -0.4 is 10.9 Å². The number of anilines is 1. The Balaban J connectivity index is 1.41. The van der Waals surface area contributed by atoms with E-state index in [1.54, 1.807) is 34.0 Å². The van der Waals surface area contributed by atoms with E-state index in [2.05, 4.69) is 40.6 Å². The summed E-state index contributed by atoms with van der Waals surface area (Å²) in [5.74, 6) is -0.240. The highest BCUT2D eigenvalue weighted by molar-refractivity contribution is 5.95. The Kier molecular flexibility index (Phi) is 7.75. The van der Waals surface area contributed by atoms with Gasteiger partial charge in [-0.3, -0.25) is 28.5 Å². The number of amides is 1. The molecule has 10 heteroatoms. The molecule has 0 spiro atoms. The number of fused-ring (bicyclic) bond motifs is 4. The molecule has 0 fully saturated rings. The predicted octanol–water partition coefficient (Wildman–Crippen LogP) is 5.64. The lowest BCUT2D eigenvalue weighted by Crippen LogP contribution is -2.27. The maximum Gasteiger partial charge on any atom is 0.254 e. The van der Waals surface area contributed by atoms with Gasteiger partial charge in [-0.2, -0.15) is 10.2 Å². The Morgan fingerprint density at radius 3 is 2.65 bits per heavy atom. The Morgan fingerprint density at radius 2 is 1.84 bits per heavy atom. The molecule has 0 saturated heterocycles. The molecule has 1 aliphatic rings. The molecule has 2 bridgehead atoms. The van der Waals surface area contributed by atoms with Crippen molar-refractivity contribution >= 4 is 11.6 Å². The van der Waals surface area contributed by atoms with Crippen LogP contribution in [0.4, 0.5) is 5.69 Å². The van der Waals surface area contributed by atoms with E-state index in [0.29, 0.717) is 24.2 Å². The van der Waals surface area contributed by atoms with Crippen LogP contribution in [0.2, 0.25) is 0 Å². The third-order valence-corrected chi connectivity index (χ3v) is 8.17. The van der Waals surface area contributed by atoms with Gasteiger partial charge in [0.15, 0.2) is 0 Å². The summed E-state index contributed by atoms with van der Waals surface area (Å²) in [4.78, 5) is 36.3. The van der Waals surface area contributed by atoms with Crippen molar-refractivity contribution in [2.75, 3.05) is 5.32 Å². The topological polar surface area (TPSA) is 113 Å². The van der Waals surface area contributed by atoms with Crippen LogP contribution in [-0.2, 0) is 18.4 Å². The number of rotatable bonds is 5. The van der Waals surface area contributed by atoms with Crippen molar-refractivity contribution in [1.29, 1.82) is 0 Å². The van der Waals surface area contributed by atoms with Crippen molar-refractivity contribution in [2.24, 2.45) is 13.0 Å². The number of aryl methyl sites for hydroxylation is 3. The number of pyridine rings is 1. The molecule has 1 aromatic carbocycles. The third-order valence-electron chi connectivity index (χ3n) is 8.17. The van der Waals surface area contributed by atoms with E-state index in [9.17, 15) is 9.59 Å². The molecule has 0 saturated carbocycles. The number of hydrogen-bond acceptors (Lipinski definition) is 6. The number of nitrogens with zero attached hydrogens (tertiary/aromatic N) is 7. The van der Waals surface area contributed by atoms with Crippen LogP contribution in [0.25, 0.3) is 33.6 Å². The van der Waals surface area contributed by atoms with E-state index in [1.807, 2.05) is 50.1 Å². The second kappa shape index (κ2) is 11.8. The molecule has 0 radical (unpaired) electrons. The van der Waals surface area contributed by atoms with Gasteiger partial charge in [-0.05, 0) is 49.9 Å². The van der Waals surface area contributed by atoms with Gasteiger partial charge >= 0.3 is 0 Å². The predicted molar refractivity (Wildman–Crippen MR) is 166 cm³/mol. The van der Waals surface area contributed by atoms with E-state index in [4.69, 9.17) is 9.97 Å². The van der Waals surface area contributed by atoms with Crippen LogP contribution in [0.5, 0.6) is 0 Å². The smallest absolute Gasteiger partial charge is 0.254 e. The van der Waals surface area contributed by atoms with E-state index in [-0.39, 0.29) is 23.4 Å². The quantitative estimate of drug-likeness (QED) is 0.290. The van der Waals surface area contributed by atoms with Crippen molar-refractivity contribution in [3.05, 3.63) is 89.1 Å². The Morgan fingerprint density at radius 1 is 0.977 bits per heavy atom. The van der Waals surface area contributed by atoms with Crippen LogP contribution >= 0.6 is 0 Å². The lowest BCUT2D eigenvalue weighted by molar-refractivity contribution is -0.119. The number of aromatic nitrogens is 7. The summed E-state index contributed by atoms with van der Waals surface area (Å²) in [5, 5.41) is 11.9. The minimum Gasteiger partial charge on any atom is -0.323 e. The number of carbonyl (C=O) groups is 1. The summed E-state index contributed by atoms with van der Waals surface area (Å²) in [5.41, 5.74) is 7.48. The minimum atomic E-state index is -0.343. The molecule has 5 heterocycles. The van der Waals surface area contributed by atoms with Gasteiger partial charge in [-0.1, -0.05) is 38.0 Å². The van der Waals surface area contributed by atoms with Crippen molar-refractivity contribution in [3.63, 3.8) is 0 Å². The van der Waals surface area contributed by atoms with Gasteiger partial charge in [0.1, 0.15) is 0 Å². The van der Waals surface area contributed by atoms with Gasteiger partial charge in [-0.25, -0.2) is 4.98 Å². The van der Waals surface area contributed by atoms with Gasteiger partial charge in [0.05, 0.1) is 47.5 Å². The van der Waals surface area contributed by atoms with E-state index < -0.39 is 0 Å². The zero-order chi connectivity index (χ0) is 30.1. The Hall–Kier alpha value is -4.86. The summed E-state index contributed by atoms with van der Waals surface area (Å²) in [6, 6.07) is 11.3. The summed E-state index contributed by atoms with van der Waals surface area (Å²) >= 11 is 0. The van der Waals surface area contributed by atoms with Crippen molar-refractivity contribution < 1.29 is 4.79 Å². The number of carbonyl (C=O) groups excluding carboxylic acids is 1. The molecular weight excluding hydrogens is 540 g/mol.